The molecule has 2 aliphatic rings. The van der Waals surface area contributed by atoms with Crippen LogP contribution in [0.4, 0.5) is 5.69 Å². The quantitative estimate of drug-likeness (QED) is 0.156. The number of H-pyrrole nitrogens is 1. The summed E-state index contributed by atoms with van der Waals surface area (Å²) in [4.78, 5) is 46.3. The molecule has 1 aliphatic carbocycles. The summed E-state index contributed by atoms with van der Waals surface area (Å²) in [7, 11) is 0. The van der Waals surface area contributed by atoms with Crippen molar-refractivity contribution in [3.8, 4) is 22.5 Å². The predicted molar refractivity (Wildman–Crippen MR) is 193 cm³/mol. The number of aromatic amines is 1. The molecular formula is C36H45ClN10O3. The number of nitrogens with two attached hydrogens (primary N) is 2. The van der Waals surface area contributed by atoms with Gasteiger partial charge in [-0.3, -0.25) is 24.3 Å². The number of pyridine rings is 1. The van der Waals surface area contributed by atoms with E-state index in [1.54, 1.807) is 35.4 Å². The fourth-order valence-electron chi connectivity index (χ4n) is 6.93. The van der Waals surface area contributed by atoms with E-state index in [-0.39, 0.29) is 42.6 Å². The smallest absolute Gasteiger partial charge is 0.270 e. The van der Waals surface area contributed by atoms with Crippen molar-refractivity contribution in [3.05, 3.63) is 77.6 Å². The normalized spacial score (nSPS) is 18.4. The lowest BCUT2D eigenvalue weighted by molar-refractivity contribution is -0.127. The van der Waals surface area contributed by atoms with Crippen molar-refractivity contribution in [1.82, 2.24) is 36.2 Å². The molecule has 4 aromatic rings. The number of hydrogen-bond acceptors (Lipinski definition) is 9. The number of carbonyl (C=O) groups is 3. The second-order valence-corrected chi connectivity index (χ2v) is 13.1. The molecule has 1 saturated heterocycles. The van der Waals surface area contributed by atoms with Gasteiger partial charge in [0.1, 0.15) is 11.7 Å². The first-order valence-corrected chi connectivity index (χ1v) is 17.0. The molecule has 3 amide bonds. The molecule has 2 aromatic heterocycles. The van der Waals surface area contributed by atoms with Gasteiger partial charge in [-0.15, -0.1) is 22.6 Å². The highest BCUT2D eigenvalue weighted by Gasteiger charge is 2.36. The fraction of sp³-hybridized carbons (Fsp3) is 0.417. The Bertz CT molecular complexity index is 1740. The summed E-state index contributed by atoms with van der Waals surface area (Å²) in [5.41, 5.74) is 17.3. The number of halogens is 1. The van der Waals surface area contributed by atoms with E-state index >= 15 is 0 Å². The van der Waals surface area contributed by atoms with Crippen LogP contribution in [0.3, 0.4) is 0 Å². The number of anilines is 1. The third-order valence-corrected chi connectivity index (χ3v) is 9.87. The van der Waals surface area contributed by atoms with Gasteiger partial charge in [-0.25, -0.2) is 0 Å². The molecule has 1 saturated carbocycles. The Morgan fingerprint density at radius 3 is 2.24 bits per heavy atom. The number of benzene rings is 2. The van der Waals surface area contributed by atoms with E-state index in [0.29, 0.717) is 42.5 Å². The molecule has 6 rings (SSSR count). The third kappa shape index (κ3) is 8.52. The molecule has 2 fully saturated rings. The van der Waals surface area contributed by atoms with Crippen molar-refractivity contribution in [3.63, 3.8) is 0 Å². The van der Waals surface area contributed by atoms with E-state index in [1.807, 2.05) is 37.3 Å². The number of nitrogens with zero attached hydrogens (tertiary/aromatic N) is 5. The van der Waals surface area contributed by atoms with Gasteiger partial charge in [-0.05, 0) is 123 Å². The van der Waals surface area contributed by atoms with E-state index in [1.165, 1.54) is 0 Å². The molecule has 0 spiro atoms. The Hall–Kier alpha value is -4.72. The van der Waals surface area contributed by atoms with Crippen molar-refractivity contribution in [2.75, 3.05) is 24.5 Å². The minimum absolute atomic E-state index is 0. The lowest BCUT2D eigenvalue weighted by Crippen LogP contribution is -2.52. The first-order chi connectivity index (χ1) is 23.8. The van der Waals surface area contributed by atoms with Crippen molar-refractivity contribution in [2.45, 2.75) is 64.0 Å². The molecule has 0 unspecified atom stereocenters. The van der Waals surface area contributed by atoms with Crippen molar-refractivity contribution in [1.29, 1.82) is 0 Å². The van der Waals surface area contributed by atoms with Gasteiger partial charge >= 0.3 is 0 Å². The van der Waals surface area contributed by atoms with Gasteiger partial charge in [-0.2, -0.15) is 5.21 Å². The molecule has 2 aromatic carbocycles. The molecule has 50 heavy (non-hydrogen) atoms. The average Bonchev–Trinajstić information content (AvgIpc) is 3.68. The average molecular weight is 701 g/mol. The Labute approximate surface area is 297 Å². The molecule has 1 atom stereocenters. The van der Waals surface area contributed by atoms with E-state index in [2.05, 4.69) is 36.2 Å². The van der Waals surface area contributed by atoms with Crippen LogP contribution in [0.25, 0.3) is 22.5 Å². The number of hydrogen-bond donors (Lipinski definition) is 5. The first-order valence-electron chi connectivity index (χ1n) is 17.0. The third-order valence-electron chi connectivity index (χ3n) is 9.87. The van der Waals surface area contributed by atoms with Gasteiger partial charge in [0.2, 0.25) is 17.6 Å². The Kier molecular flexibility index (Phi) is 12.3. The van der Waals surface area contributed by atoms with Gasteiger partial charge in [-0.1, -0.05) is 24.3 Å². The molecular weight excluding hydrogens is 656 g/mol. The molecule has 264 valence electrons. The Morgan fingerprint density at radius 1 is 0.960 bits per heavy atom. The van der Waals surface area contributed by atoms with Crippen molar-refractivity contribution in [2.24, 2.45) is 23.3 Å². The monoisotopic (exact) mass is 700 g/mol. The maximum atomic E-state index is 14.2. The van der Waals surface area contributed by atoms with Crippen LogP contribution in [-0.2, 0) is 16.0 Å². The predicted octanol–water partition coefficient (Wildman–Crippen LogP) is 3.34. The van der Waals surface area contributed by atoms with E-state index < -0.39 is 11.9 Å². The summed E-state index contributed by atoms with van der Waals surface area (Å²) in [5.74, 6) is -0.266. The highest BCUT2D eigenvalue weighted by Crippen LogP contribution is 2.33. The summed E-state index contributed by atoms with van der Waals surface area (Å²) in [5, 5.41) is 20.5. The van der Waals surface area contributed by atoms with E-state index in [4.69, 9.17) is 11.5 Å². The number of tetrazole rings is 1. The van der Waals surface area contributed by atoms with Crippen LogP contribution < -0.4 is 27.0 Å². The zero-order valence-electron chi connectivity index (χ0n) is 28.2. The largest absolute Gasteiger partial charge is 0.368 e. The summed E-state index contributed by atoms with van der Waals surface area (Å²) in [6.45, 7) is 4.36. The highest BCUT2D eigenvalue weighted by atomic mass is 35.5. The van der Waals surface area contributed by atoms with Crippen LogP contribution in [0.1, 0.15) is 60.1 Å². The summed E-state index contributed by atoms with van der Waals surface area (Å²) < 4.78 is 0. The minimum Gasteiger partial charge on any atom is -0.368 e. The highest BCUT2D eigenvalue weighted by molar-refractivity contribution is 6.02. The maximum Gasteiger partial charge on any atom is 0.270 e. The summed E-state index contributed by atoms with van der Waals surface area (Å²) in [6.07, 6.45) is 6.94. The summed E-state index contributed by atoms with van der Waals surface area (Å²) >= 11 is 0. The van der Waals surface area contributed by atoms with Gasteiger partial charge in [0.25, 0.3) is 5.91 Å². The number of piperidine rings is 1. The minimum atomic E-state index is -0.914. The number of aryl methyl sites for hydroxylation is 1. The number of nitrogens with one attached hydrogen (secondary N) is 3. The van der Waals surface area contributed by atoms with Crippen LogP contribution >= 0.6 is 12.4 Å². The van der Waals surface area contributed by atoms with Gasteiger partial charge in [0.15, 0.2) is 0 Å². The number of carbonyl (C=O) groups excluding carboxylic acids is 3. The molecule has 14 heteroatoms. The van der Waals surface area contributed by atoms with Crippen molar-refractivity contribution >= 4 is 35.8 Å². The summed E-state index contributed by atoms with van der Waals surface area (Å²) in [6, 6.07) is 16.1. The van der Waals surface area contributed by atoms with E-state index in [0.717, 1.165) is 66.6 Å². The van der Waals surface area contributed by atoms with Crippen molar-refractivity contribution < 1.29 is 14.4 Å². The SMILES string of the molecule is Cc1cc(C(=O)NC2CCNCC2)ncc1-c1ccc(C[C@@H](C(N)=O)N(C(=O)C2CCC(CN)CC2)c2ccc(-c3nn[nH]n3)cc2)cc1.Cl. The van der Waals surface area contributed by atoms with Gasteiger partial charge in [0.05, 0.1) is 0 Å². The second kappa shape index (κ2) is 16.8. The van der Waals surface area contributed by atoms with Crippen LogP contribution in [0, 0.1) is 18.8 Å². The molecule has 7 N–H and O–H groups in total. The number of primary amides is 1. The zero-order valence-corrected chi connectivity index (χ0v) is 29.0. The standard InChI is InChI=1S/C36H44N10O3.ClH/c1-22-18-31(35(48)41-28-14-16-39-17-15-28)40-21-30(22)25-6-2-23(3-7-25)19-32(33(38)47)46(36(49)27-8-4-24(20-37)5-9-27)29-12-10-26(11-13-29)34-42-44-45-43-34;/h2-3,6-7,10-13,18,21,24,27-28,32,39H,4-5,8-9,14-17,19-20,37H2,1H3,(H2,38,47)(H,41,48)(H,42,43,44,45);1H/t24?,27?,32-;/m0./s1. The van der Waals surface area contributed by atoms with Gasteiger partial charge < -0.3 is 22.1 Å². The zero-order chi connectivity index (χ0) is 34.3. The number of amides is 3. The molecule has 13 nitrogen and oxygen atoms in total. The van der Waals surface area contributed by atoms with Crippen LogP contribution in [0.15, 0.2) is 60.8 Å². The van der Waals surface area contributed by atoms with Crippen LogP contribution in [0.2, 0.25) is 0 Å². The number of aromatic nitrogens is 5. The topological polar surface area (TPSA) is 198 Å². The Morgan fingerprint density at radius 2 is 1.64 bits per heavy atom. The fourth-order valence-corrected chi connectivity index (χ4v) is 6.93. The number of rotatable bonds is 11. The molecule has 1 aliphatic heterocycles. The van der Waals surface area contributed by atoms with Crippen LogP contribution in [-0.4, -0.2) is 75.0 Å². The molecule has 0 radical (unpaired) electrons. The maximum absolute atomic E-state index is 14.2. The molecule has 0 bridgehead atoms. The Balaban J connectivity index is 0.00000486. The second-order valence-electron chi connectivity index (χ2n) is 13.1. The lowest BCUT2D eigenvalue weighted by atomic mass is 9.81. The lowest BCUT2D eigenvalue weighted by Gasteiger charge is -2.35. The first kappa shape index (κ1) is 36.6. The van der Waals surface area contributed by atoms with Crippen LogP contribution in [0.5, 0.6) is 0 Å². The molecule has 3 heterocycles. The van der Waals surface area contributed by atoms with Gasteiger partial charge in [0, 0.05) is 41.4 Å². The van der Waals surface area contributed by atoms with E-state index in [9.17, 15) is 14.4 Å².